The normalized spacial score (nSPS) is 14.1. The van der Waals surface area contributed by atoms with Gasteiger partial charge < -0.3 is 19.9 Å². The Morgan fingerprint density at radius 2 is 1.90 bits per heavy atom. The summed E-state index contributed by atoms with van der Waals surface area (Å²) in [4.78, 5) is 33.0. The molecule has 1 unspecified atom stereocenters. The SMILES string of the molecule is CC(NC(=O)c1cc2c(cc1[N+](=O)[O-])OCCO2)C(=O)O. The second kappa shape index (κ2) is 5.65. The predicted octanol–water partition coefficient (Wildman–Crippen LogP) is 0.569. The summed E-state index contributed by atoms with van der Waals surface area (Å²) < 4.78 is 10.5. The van der Waals surface area contributed by atoms with Crippen LogP contribution >= 0.6 is 0 Å². The van der Waals surface area contributed by atoms with Crippen LogP contribution in [0.4, 0.5) is 5.69 Å². The summed E-state index contributed by atoms with van der Waals surface area (Å²) >= 11 is 0. The van der Waals surface area contributed by atoms with Crippen LogP contribution in [0, 0.1) is 10.1 Å². The molecule has 1 amide bonds. The molecular weight excluding hydrogens is 284 g/mol. The first kappa shape index (κ1) is 14.6. The van der Waals surface area contributed by atoms with E-state index in [4.69, 9.17) is 14.6 Å². The topological polar surface area (TPSA) is 128 Å². The molecule has 0 aliphatic carbocycles. The summed E-state index contributed by atoms with van der Waals surface area (Å²) in [6, 6.07) is 1.09. The number of nitro groups is 1. The van der Waals surface area contributed by atoms with E-state index in [0.29, 0.717) is 0 Å². The number of ether oxygens (including phenoxy) is 2. The molecule has 1 aromatic rings. The summed E-state index contributed by atoms with van der Waals surface area (Å²) in [5.41, 5.74) is -0.758. The fourth-order valence-corrected chi connectivity index (χ4v) is 1.75. The number of carboxylic acid groups (broad SMARTS) is 1. The van der Waals surface area contributed by atoms with Gasteiger partial charge in [-0.15, -0.1) is 0 Å². The van der Waals surface area contributed by atoms with Crippen LogP contribution in [0.3, 0.4) is 0 Å². The van der Waals surface area contributed by atoms with Gasteiger partial charge in [-0.2, -0.15) is 0 Å². The number of aliphatic carboxylic acids is 1. The number of hydrogen-bond donors (Lipinski definition) is 2. The Hall–Kier alpha value is -2.84. The van der Waals surface area contributed by atoms with E-state index in [-0.39, 0.29) is 30.3 Å². The highest BCUT2D eigenvalue weighted by atomic mass is 16.6. The maximum Gasteiger partial charge on any atom is 0.325 e. The fraction of sp³-hybridized carbons (Fsp3) is 0.333. The Kier molecular flexibility index (Phi) is 3.92. The fourth-order valence-electron chi connectivity index (χ4n) is 1.75. The van der Waals surface area contributed by atoms with Crippen molar-refractivity contribution in [2.24, 2.45) is 0 Å². The Morgan fingerprint density at radius 3 is 2.43 bits per heavy atom. The largest absolute Gasteiger partial charge is 0.486 e. The van der Waals surface area contributed by atoms with E-state index in [0.717, 1.165) is 6.07 Å². The minimum atomic E-state index is -1.25. The van der Waals surface area contributed by atoms with Crippen molar-refractivity contribution in [2.75, 3.05) is 13.2 Å². The molecule has 0 saturated heterocycles. The molecule has 2 rings (SSSR count). The second-order valence-electron chi connectivity index (χ2n) is 4.30. The molecule has 0 bridgehead atoms. The van der Waals surface area contributed by atoms with Crippen molar-refractivity contribution < 1.29 is 29.1 Å². The molecule has 1 aromatic carbocycles. The molecule has 1 aliphatic rings. The van der Waals surface area contributed by atoms with Gasteiger partial charge in [-0.1, -0.05) is 0 Å². The molecule has 9 heteroatoms. The van der Waals surface area contributed by atoms with Crippen LogP contribution < -0.4 is 14.8 Å². The van der Waals surface area contributed by atoms with Crippen molar-refractivity contribution in [3.05, 3.63) is 27.8 Å². The first-order valence-corrected chi connectivity index (χ1v) is 6.02. The first-order valence-electron chi connectivity index (χ1n) is 6.02. The summed E-state index contributed by atoms with van der Waals surface area (Å²) in [5, 5.41) is 22.0. The number of hydrogen-bond acceptors (Lipinski definition) is 6. The lowest BCUT2D eigenvalue weighted by Crippen LogP contribution is -2.38. The van der Waals surface area contributed by atoms with Crippen LogP contribution in [0.1, 0.15) is 17.3 Å². The van der Waals surface area contributed by atoms with Crippen molar-refractivity contribution in [1.82, 2.24) is 5.32 Å². The summed E-state index contributed by atoms with van der Waals surface area (Å²) in [5.74, 6) is -1.73. The quantitative estimate of drug-likeness (QED) is 0.614. The molecule has 0 aromatic heterocycles. The van der Waals surface area contributed by atoms with Crippen LogP contribution in [-0.4, -0.2) is 41.2 Å². The Morgan fingerprint density at radius 1 is 1.33 bits per heavy atom. The van der Waals surface area contributed by atoms with E-state index in [1.54, 1.807) is 0 Å². The van der Waals surface area contributed by atoms with Crippen molar-refractivity contribution in [3.63, 3.8) is 0 Å². The van der Waals surface area contributed by atoms with Gasteiger partial charge in [0, 0.05) is 6.07 Å². The summed E-state index contributed by atoms with van der Waals surface area (Å²) in [7, 11) is 0. The molecule has 1 atom stereocenters. The van der Waals surface area contributed by atoms with E-state index < -0.39 is 28.5 Å². The third-order valence-electron chi connectivity index (χ3n) is 2.82. The van der Waals surface area contributed by atoms with Crippen molar-refractivity contribution in [2.45, 2.75) is 13.0 Å². The minimum Gasteiger partial charge on any atom is -0.486 e. The molecule has 9 nitrogen and oxygen atoms in total. The van der Waals surface area contributed by atoms with Gasteiger partial charge in [0.25, 0.3) is 11.6 Å². The number of carboxylic acids is 1. The molecular formula is C12H12N2O7. The van der Waals surface area contributed by atoms with Gasteiger partial charge in [0.2, 0.25) is 0 Å². The average Bonchev–Trinajstić information content (AvgIpc) is 2.45. The monoisotopic (exact) mass is 296 g/mol. The van der Waals surface area contributed by atoms with E-state index >= 15 is 0 Å². The standard InChI is InChI=1S/C12H12N2O7/c1-6(12(16)17)13-11(15)7-4-9-10(21-3-2-20-9)5-8(7)14(18)19/h4-6H,2-3H2,1H3,(H,13,15)(H,16,17). The van der Waals surface area contributed by atoms with E-state index in [1.807, 2.05) is 0 Å². The number of nitro benzene ring substituents is 1. The minimum absolute atomic E-state index is 0.177. The van der Waals surface area contributed by atoms with Crippen LogP contribution in [0.15, 0.2) is 12.1 Å². The molecule has 1 heterocycles. The smallest absolute Gasteiger partial charge is 0.325 e. The number of benzene rings is 1. The molecule has 1 aliphatic heterocycles. The van der Waals surface area contributed by atoms with E-state index in [2.05, 4.69) is 5.32 Å². The zero-order valence-electron chi connectivity index (χ0n) is 11.0. The number of fused-ring (bicyclic) bond motifs is 1. The highest BCUT2D eigenvalue weighted by Crippen LogP contribution is 2.36. The van der Waals surface area contributed by atoms with Crippen molar-refractivity contribution in [1.29, 1.82) is 0 Å². The zero-order valence-corrected chi connectivity index (χ0v) is 11.0. The van der Waals surface area contributed by atoms with Crippen molar-refractivity contribution in [3.8, 4) is 11.5 Å². The lowest BCUT2D eigenvalue weighted by Gasteiger charge is -2.19. The lowest BCUT2D eigenvalue weighted by molar-refractivity contribution is -0.385. The van der Waals surface area contributed by atoms with Gasteiger partial charge in [-0.25, -0.2) is 0 Å². The molecule has 2 N–H and O–H groups in total. The highest BCUT2D eigenvalue weighted by Gasteiger charge is 2.27. The van der Waals surface area contributed by atoms with Crippen LogP contribution in [-0.2, 0) is 4.79 Å². The summed E-state index contributed by atoms with van der Waals surface area (Å²) in [6.07, 6.45) is 0. The van der Waals surface area contributed by atoms with Gasteiger partial charge in [0.05, 0.1) is 11.0 Å². The number of rotatable bonds is 4. The number of carbonyl (C=O) groups excluding carboxylic acids is 1. The first-order chi connectivity index (χ1) is 9.90. The molecule has 0 saturated carbocycles. The van der Waals surface area contributed by atoms with Gasteiger partial charge in [-0.05, 0) is 6.92 Å². The van der Waals surface area contributed by atoms with Gasteiger partial charge >= 0.3 is 5.97 Å². The number of nitrogens with zero attached hydrogens (tertiary/aromatic N) is 1. The third kappa shape index (κ3) is 3.02. The Bertz CT molecular complexity index is 614. The maximum atomic E-state index is 12.0. The van der Waals surface area contributed by atoms with Gasteiger partial charge in [0.15, 0.2) is 11.5 Å². The Balaban J connectivity index is 2.39. The number of amides is 1. The molecule has 0 radical (unpaired) electrons. The van der Waals surface area contributed by atoms with Gasteiger partial charge in [-0.3, -0.25) is 19.7 Å². The number of nitrogens with one attached hydrogen (secondary N) is 1. The predicted molar refractivity (Wildman–Crippen MR) is 68.7 cm³/mol. The molecule has 0 spiro atoms. The highest BCUT2D eigenvalue weighted by molar-refractivity contribution is 6.00. The molecule has 0 fully saturated rings. The molecule has 112 valence electrons. The number of carbonyl (C=O) groups is 2. The van der Waals surface area contributed by atoms with Gasteiger partial charge in [0.1, 0.15) is 24.8 Å². The van der Waals surface area contributed by atoms with Crippen LogP contribution in [0.5, 0.6) is 11.5 Å². The summed E-state index contributed by atoms with van der Waals surface area (Å²) in [6.45, 7) is 1.77. The van der Waals surface area contributed by atoms with E-state index in [9.17, 15) is 19.7 Å². The lowest BCUT2D eigenvalue weighted by atomic mass is 10.1. The zero-order chi connectivity index (χ0) is 15.6. The second-order valence-corrected chi connectivity index (χ2v) is 4.30. The third-order valence-corrected chi connectivity index (χ3v) is 2.82. The van der Waals surface area contributed by atoms with Crippen LogP contribution in [0.25, 0.3) is 0 Å². The van der Waals surface area contributed by atoms with Crippen molar-refractivity contribution >= 4 is 17.6 Å². The molecule has 21 heavy (non-hydrogen) atoms. The van der Waals surface area contributed by atoms with E-state index in [1.165, 1.54) is 13.0 Å². The Labute approximate surface area is 118 Å². The maximum absolute atomic E-state index is 12.0. The average molecular weight is 296 g/mol. The van der Waals surface area contributed by atoms with Crippen LogP contribution in [0.2, 0.25) is 0 Å².